The second-order valence-corrected chi connectivity index (χ2v) is 9.60. The first kappa shape index (κ1) is 15.2. The highest BCUT2D eigenvalue weighted by atomic mass is 35.5. The van der Waals surface area contributed by atoms with E-state index in [2.05, 4.69) is 9.88 Å². The molecular weight excluding hydrogens is 352 g/mol. The molecule has 22 heavy (non-hydrogen) atoms. The quantitative estimate of drug-likeness (QED) is 0.491. The predicted molar refractivity (Wildman–Crippen MR) is 100 cm³/mol. The maximum atomic E-state index is 6.04. The van der Waals surface area contributed by atoms with Crippen molar-refractivity contribution < 1.29 is 0 Å². The van der Waals surface area contributed by atoms with Crippen LogP contribution in [-0.2, 0) is 0 Å². The van der Waals surface area contributed by atoms with Crippen LogP contribution in [0.4, 0.5) is 0 Å². The molecule has 0 radical (unpaired) electrons. The summed E-state index contributed by atoms with van der Waals surface area (Å²) < 4.78 is 3.19. The van der Waals surface area contributed by atoms with Crippen LogP contribution in [0.25, 0.3) is 10.2 Å². The second-order valence-electron chi connectivity index (χ2n) is 6.25. The summed E-state index contributed by atoms with van der Waals surface area (Å²) in [5.74, 6) is 1.68. The highest BCUT2D eigenvalue weighted by Gasteiger charge is 2.30. The van der Waals surface area contributed by atoms with Crippen LogP contribution < -0.4 is 0 Å². The molecule has 3 aliphatic rings. The zero-order chi connectivity index (χ0) is 15.1. The third-order valence-electron chi connectivity index (χ3n) is 4.69. The highest BCUT2D eigenvalue weighted by molar-refractivity contribution is 8.23. The molecule has 3 fully saturated rings. The second kappa shape index (κ2) is 6.27. The molecule has 0 atom stereocenters. The Morgan fingerprint density at radius 1 is 1.23 bits per heavy atom. The molecule has 116 valence electrons. The lowest BCUT2D eigenvalue weighted by molar-refractivity contribution is 0.326. The first-order valence-corrected chi connectivity index (χ1v) is 10.1. The molecule has 6 heteroatoms. The maximum absolute atomic E-state index is 6.04. The van der Waals surface area contributed by atoms with Gasteiger partial charge in [-0.2, -0.15) is 0 Å². The summed E-state index contributed by atoms with van der Waals surface area (Å²) in [4.78, 5) is 7.09. The molecule has 2 aliphatic heterocycles. The Kier molecular flexibility index (Phi) is 4.33. The summed E-state index contributed by atoms with van der Waals surface area (Å²) in [5, 5.41) is 0.737. The van der Waals surface area contributed by atoms with Crippen LogP contribution in [0, 0.1) is 11.8 Å². The Morgan fingerprint density at radius 3 is 2.59 bits per heavy atom. The van der Waals surface area contributed by atoms with Crippen LogP contribution in [0.15, 0.2) is 22.5 Å². The van der Waals surface area contributed by atoms with Gasteiger partial charge in [-0.25, -0.2) is 4.98 Å². The maximum Gasteiger partial charge on any atom is 0.158 e. The van der Waals surface area contributed by atoms with Crippen molar-refractivity contribution in [2.75, 3.05) is 13.1 Å². The molecule has 1 aromatic heterocycles. The van der Waals surface area contributed by atoms with E-state index < -0.39 is 0 Å². The minimum Gasteiger partial charge on any atom is -0.357 e. The number of nitrogens with zero attached hydrogens (tertiary/aromatic N) is 2. The lowest BCUT2D eigenvalue weighted by atomic mass is 9.84. The van der Waals surface area contributed by atoms with Crippen LogP contribution >= 0.6 is 46.9 Å². The number of fused-ring (bicyclic) bond motifs is 5. The fourth-order valence-corrected chi connectivity index (χ4v) is 6.14. The van der Waals surface area contributed by atoms with Gasteiger partial charge in [0.25, 0.3) is 0 Å². The van der Waals surface area contributed by atoms with Crippen molar-refractivity contribution in [2.24, 2.45) is 11.8 Å². The number of thiazole rings is 1. The van der Waals surface area contributed by atoms with Gasteiger partial charge in [0, 0.05) is 18.1 Å². The number of benzene rings is 1. The van der Waals surface area contributed by atoms with Gasteiger partial charge < -0.3 is 4.90 Å². The number of halogens is 1. The first-order valence-electron chi connectivity index (χ1n) is 7.70. The average molecular weight is 369 g/mol. The van der Waals surface area contributed by atoms with Crippen molar-refractivity contribution in [3.05, 3.63) is 23.2 Å². The van der Waals surface area contributed by atoms with E-state index in [1.807, 2.05) is 18.2 Å². The summed E-state index contributed by atoms with van der Waals surface area (Å²) in [5.41, 5.74) is 0.971. The van der Waals surface area contributed by atoms with E-state index in [0.29, 0.717) is 0 Å². The topological polar surface area (TPSA) is 16.1 Å². The van der Waals surface area contributed by atoms with Gasteiger partial charge in [0.05, 0.1) is 10.2 Å². The number of aromatic nitrogens is 1. The number of rotatable bonds is 1. The van der Waals surface area contributed by atoms with Gasteiger partial charge in [-0.15, -0.1) is 11.3 Å². The third-order valence-corrected chi connectivity index (χ3v) is 7.46. The monoisotopic (exact) mass is 368 g/mol. The van der Waals surface area contributed by atoms with E-state index in [1.54, 1.807) is 23.1 Å². The molecule has 2 nitrogen and oxygen atoms in total. The van der Waals surface area contributed by atoms with Crippen LogP contribution in [0.1, 0.15) is 25.7 Å². The summed E-state index contributed by atoms with van der Waals surface area (Å²) in [6, 6.07) is 5.88. The average Bonchev–Trinajstić information content (AvgIpc) is 2.69. The smallest absolute Gasteiger partial charge is 0.158 e. The summed E-state index contributed by atoms with van der Waals surface area (Å²) in [7, 11) is 0. The van der Waals surface area contributed by atoms with Crippen molar-refractivity contribution >= 4 is 61.5 Å². The van der Waals surface area contributed by atoms with Gasteiger partial charge in [-0.1, -0.05) is 23.8 Å². The van der Waals surface area contributed by atoms with Gasteiger partial charge in [0.2, 0.25) is 0 Å². The molecule has 2 saturated heterocycles. The molecule has 0 N–H and O–H groups in total. The molecule has 2 aromatic rings. The molecular formula is C16H17ClN2S3. The molecule has 1 aromatic carbocycles. The number of thioether (sulfide) groups is 1. The van der Waals surface area contributed by atoms with Gasteiger partial charge >= 0.3 is 0 Å². The van der Waals surface area contributed by atoms with Crippen LogP contribution in [0.3, 0.4) is 0 Å². The lowest BCUT2D eigenvalue weighted by Gasteiger charge is -2.24. The van der Waals surface area contributed by atoms with Gasteiger partial charge in [-0.3, -0.25) is 0 Å². The fourth-order valence-electron chi connectivity index (χ4n) is 3.51. The Balaban J connectivity index is 1.50. The summed E-state index contributed by atoms with van der Waals surface area (Å²) in [6.07, 6.45) is 5.53. The van der Waals surface area contributed by atoms with E-state index in [4.69, 9.17) is 23.8 Å². The van der Waals surface area contributed by atoms with Crippen LogP contribution in [0.5, 0.6) is 0 Å². The largest absolute Gasteiger partial charge is 0.357 e. The molecule has 2 bridgehead atoms. The minimum atomic E-state index is 0.737. The summed E-state index contributed by atoms with van der Waals surface area (Å²) >= 11 is 15.1. The number of hydrogen-bond acceptors (Lipinski definition) is 4. The van der Waals surface area contributed by atoms with Gasteiger partial charge in [0.1, 0.15) is 4.32 Å². The van der Waals surface area contributed by atoms with Crippen molar-refractivity contribution in [1.29, 1.82) is 0 Å². The number of thiocarbonyl (C=S) groups is 1. The Morgan fingerprint density at radius 2 is 1.91 bits per heavy atom. The SMILES string of the molecule is S=C(Sc1nc2cc(Cl)ccc2s1)N1CC2CCC(CC2)C1. The minimum absolute atomic E-state index is 0.737. The number of hydrogen-bond donors (Lipinski definition) is 0. The molecule has 0 spiro atoms. The standard InChI is InChI=1S/C16H17ClN2S3/c17-12-5-6-14-13(7-12)18-15(21-14)22-16(20)19-8-10-1-2-11(9-19)4-3-10/h5-7,10-11H,1-4,8-9H2. The molecule has 3 heterocycles. The molecule has 1 saturated carbocycles. The van der Waals surface area contributed by atoms with Gasteiger partial charge in [-0.05, 0) is 67.5 Å². The zero-order valence-electron chi connectivity index (χ0n) is 12.1. The van der Waals surface area contributed by atoms with Crippen molar-refractivity contribution in [3.63, 3.8) is 0 Å². The Bertz CT molecular complexity index is 692. The first-order chi connectivity index (χ1) is 10.7. The fraction of sp³-hybridized carbons (Fsp3) is 0.500. The Labute approximate surface area is 149 Å². The van der Waals surface area contributed by atoms with E-state index >= 15 is 0 Å². The van der Waals surface area contributed by atoms with Crippen molar-refractivity contribution in [1.82, 2.24) is 9.88 Å². The van der Waals surface area contributed by atoms with Crippen molar-refractivity contribution in [3.8, 4) is 0 Å². The molecule has 0 unspecified atom stereocenters. The van der Waals surface area contributed by atoms with E-state index in [-0.39, 0.29) is 0 Å². The Hall–Kier alpha value is -0.360. The van der Waals surface area contributed by atoms with E-state index in [9.17, 15) is 0 Å². The van der Waals surface area contributed by atoms with E-state index in [1.165, 1.54) is 30.4 Å². The predicted octanol–water partition coefficient (Wildman–Crippen LogP) is 5.45. The van der Waals surface area contributed by atoms with Crippen LogP contribution in [0.2, 0.25) is 5.02 Å². The third kappa shape index (κ3) is 3.14. The lowest BCUT2D eigenvalue weighted by Crippen LogP contribution is -2.31. The normalized spacial score (nSPS) is 24.7. The highest BCUT2D eigenvalue weighted by Crippen LogP contribution is 2.37. The molecule has 5 rings (SSSR count). The zero-order valence-corrected chi connectivity index (χ0v) is 15.3. The van der Waals surface area contributed by atoms with Crippen molar-refractivity contribution in [2.45, 2.75) is 30.0 Å². The van der Waals surface area contributed by atoms with E-state index in [0.717, 1.165) is 44.1 Å². The molecule has 1 aliphatic carbocycles. The molecule has 0 amide bonds. The van der Waals surface area contributed by atoms with Gasteiger partial charge in [0.15, 0.2) is 4.34 Å². The van der Waals surface area contributed by atoms with Crippen LogP contribution in [-0.4, -0.2) is 27.3 Å². The summed E-state index contributed by atoms with van der Waals surface area (Å²) in [6.45, 7) is 2.28.